The fourth-order valence-corrected chi connectivity index (χ4v) is 4.03. The van der Waals surface area contributed by atoms with E-state index in [1.165, 1.54) is 6.33 Å². The molecule has 1 radical (unpaired) electrons. The van der Waals surface area contributed by atoms with Crippen LogP contribution in [0.2, 0.25) is 24.3 Å². The van der Waals surface area contributed by atoms with Crippen molar-refractivity contribution in [3.63, 3.8) is 0 Å². The van der Waals surface area contributed by atoms with Crippen LogP contribution in [0.4, 0.5) is 0 Å². The molecule has 0 unspecified atom stereocenters. The molecule has 0 aliphatic rings. The van der Waals surface area contributed by atoms with Gasteiger partial charge in [-0.25, -0.2) is 9.97 Å². The molecule has 2 aromatic carbocycles. The van der Waals surface area contributed by atoms with Crippen molar-refractivity contribution in [1.82, 2.24) is 14.5 Å². The highest BCUT2D eigenvalue weighted by atomic mass is 35.5. The Bertz CT molecular complexity index is 1130. The molecular weight excluding hydrogens is 426 g/mol. The molecule has 0 spiro atoms. The van der Waals surface area contributed by atoms with Gasteiger partial charge in [-0.1, -0.05) is 55.0 Å². The van der Waals surface area contributed by atoms with E-state index >= 15 is 0 Å². The number of nitrogens with zero attached hydrogens (tertiary/aromatic N) is 3. The summed E-state index contributed by atoms with van der Waals surface area (Å²) in [5.74, 6) is 0.824. The average Bonchev–Trinajstić information content (AvgIpc) is 3.16. The van der Waals surface area contributed by atoms with E-state index in [9.17, 15) is 0 Å². The van der Waals surface area contributed by atoms with Gasteiger partial charge in [0.05, 0.1) is 11.1 Å². The summed E-state index contributed by atoms with van der Waals surface area (Å²) in [6, 6.07) is 21.3. The second kappa shape index (κ2) is 10.1. The van der Waals surface area contributed by atoms with Crippen molar-refractivity contribution in [1.29, 1.82) is 0 Å². The normalized spacial score (nSPS) is 11.4. The first-order valence-electron chi connectivity index (χ1n) is 10.3. The molecule has 159 valence electrons. The molecule has 0 saturated heterocycles. The molecule has 0 atom stereocenters. The highest BCUT2D eigenvalue weighted by molar-refractivity contribution is 6.55. The van der Waals surface area contributed by atoms with Crippen LogP contribution >= 0.6 is 11.6 Å². The molecule has 2 heterocycles. The first-order valence-corrected chi connectivity index (χ1v) is 13.3. The van der Waals surface area contributed by atoms with Crippen molar-refractivity contribution >= 4 is 31.4 Å². The number of rotatable bonds is 9. The van der Waals surface area contributed by atoms with Gasteiger partial charge in [-0.3, -0.25) is 0 Å². The van der Waals surface area contributed by atoms with Crippen molar-refractivity contribution in [2.45, 2.75) is 32.5 Å². The van der Waals surface area contributed by atoms with Gasteiger partial charge in [-0.15, -0.1) is 0 Å². The Balaban J connectivity index is 1.56. The van der Waals surface area contributed by atoms with Crippen molar-refractivity contribution < 1.29 is 9.47 Å². The second-order valence-electron chi connectivity index (χ2n) is 7.65. The van der Waals surface area contributed by atoms with E-state index in [1.54, 1.807) is 0 Å². The van der Waals surface area contributed by atoms with Gasteiger partial charge in [-0.05, 0) is 47.5 Å². The van der Waals surface area contributed by atoms with Crippen LogP contribution in [-0.4, -0.2) is 29.9 Å². The lowest BCUT2D eigenvalue weighted by molar-refractivity contribution is 0.0912. The molecular formula is C24H25ClN3O2Si. The Morgan fingerprint density at radius 1 is 1.00 bits per heavy atom. The van der Waals surface area contributed by atoms with Crippen molar-refractivity contribution in [2.24, 2.45) is 0 Å². The molecule has 0 fully saturated rings. The summed E-state index contributed by atoms with van der Waals surface area (Å²) in [5, 5.41) is 1.27. The predicted molar refractivity (Wildman–Crippen MR) is 127 cm³/mol. The molecule has 31 heavy (non-hydrogen) atoms. The number of ether oxygens (including phenoxy) is 2. The minimum Gasteiger partial charge on any atom is -0.489 e. The quantitative estimate of drug-likeness (QED) is 0.177. The Morgan fingerprint density at radius 2 is 1.77 bits per heavy atom. The van der Waals surface area contributed by atoms with Gasteiger partial charge in [-0.2, -0.15) is 0 Å². The molecule has 0 aliphatic carbocycles. The van der Waals surface area contributed by atoms with E-state index < -0.39 is 0 Å². The van der Waals surface area contributed by atoms with Crippen LogP contribution in [0.15, 0.2) is 67.0 Å². The number of benzene rings is 2. The van der Waals surface area contributed by atoms with Crippen LogP contribution < -0.4 is 4.74 Å². The smallest absolute Gasteiger partial charge is 0.147 e. The molecule has 0 amide bonds. The first kappa shape index (κ1) is 21.6. The Morgan fingerprint density at radius 3 is 2.52 bits per heavy atom. The van der Waals surface area contributed by atoms with E-state index in [0.717, 1.165) is 46.3 Å². The third-order valence-corrected chi connectivity index (χ3v) is 6.51. The SMILES string of the molecule is C[Si](C)CCOCn1c(-c2ccc(OCc3ccccc3)cc2)cc2c(Cl)ncnc21. The molecule has 7 heteroatoms. The summed E-state index contributed by atoms with van der Waals surface area (Å²) < 4.78 is 13.9. The van der Waals surface area contributed by atoms with Crippen molar-refractivity contribution in [3.8, 4) is 17.0 Å². The van der Waals surface area contributed by atoms with Crippen LogP contribution in [0.1, 0.15) is 5.56 Å². The molecule has 5 nitrogen and oxygen atoms in total. The number of fused-ring (bicyclic) bond motifs is 1. The fourth-order valence-electron chi connectivity index (χ4n) is 3.30. The zero-order chi connectivity index (χ0) is 21.6. The van der Waals surface area contributed by atoms with E-state index in [1.807, 2.05) is 48.5 Å². The zero-order valence-corrected chi connectivity index (χ0v) is 19.5. The minimum atomic E-state index is -0.310. The maximum atomic E-state index is 6.34. The van der Waals surface area contributed by atoms with Gasteiger partial charge in [0, 0.05) is 15.4 Å². The lowest BCUT2D eigenvalue weighted by atomic mass is 10.1. The summed E-state index contributed by atoms with van der Waals surface area (Å²) in [4.78, 5) is 8.58. The molecule has 0 bridgehead atoms. The molecule has 4 rings (SSSR count). The Labute approximate surface area is 189 Å². The van der Waals surface area contributed by atoms with Crippen LogP contribution in [0.25, 0.3) is 22.3 Å². The Kier molecular flexibility index (Phi) is 7.02. The minimum absolute atomic E-state index is 0.310. The zero-order valence-electron chi connectivity index (χ0n) is 17.7. The lowest BCUT2D eigenvalue weighted by Gasteiger charge is -2.12. The van der Waals surface area contributed by atoms with Crippen molar-refractivity contribution in [2.75, 3.05) is 6.61 Å². The maximum absolute atomic E-state index is 6.34. The van der Waals surface area contributed by atoms with Crippen LogP contribution in [-0.2, 0) is 18.1 Å². The fraction of sp³-hybridized carbons (Fsp3) is 0.250. The van der Waals surface area contributed by atoms with Gasteiger partial charge >= 0.3 is 0 Å². The van der Waals surface area contributed by atoms with Gasteiger partial charge in [0.1, 0.15) is 36.2 Å². The van der Waals surface area contributed by atoms with Crippen LogP contribution in [0.5, 0.6) is 5.75 Å². The maximum Gasteiger partial charge on any atom is 0.147 e. The van der Waals surface area contributed by atoms with E-state index in [4.69, 9.17) is 21.1 Å². The number of halogens is 1. The second-order valence-corrected chi connectivity index (χ2v) is 10.9. The topological polar surface area (TPSA) is 49.2 Å². The summed E-state index contributed by atoms with van der Waals surface area (Å²) >= 11 is 6.34. The average molecular weight is 451 g/mol. The number of hydrogen-bond donors (Lipinski definition) is 0. The number of aromatic nitrogens is 3. The van der Waals surface area contributed by atoms with E-state index in [-0.39, 0.29) is 8.80 Å². The molecule has 0 saturated carbocycles. The molecule has 2 aromatic heterocycles. The largest absolute Gasteiger partial charge is 0.489 e. The summed E-state index contributed by atoms with van der Waals surface area (Å²) in [6.07, 6.45) is 1.49. The van der Waals surface area contributed by atoms with Crippen molar-refractivity contribution in [3.05, 3.63) is 77.7 Å². The van der Waals surface area contributed by atoms with Crippen LogP contribution in [0.3, 0.4) is 0 Å². The van der Waals surface area contributed by atoms with E-state index in [2.05, 4.69) is 39.8 Å². The van der Waals surface area contributed by atoms with Gasteiger partial charge < -0.3 is 14.0 Å². The monoisotopic (exact) mass is 450 g/mol. The Hall–Kier alpha value is -2.67. The molecule has 0 aliphatic heterocycles. The highest BCUT2D eigenvalue weighted by Crippen LogP contribution is 2.31. The van der Waals surface area contributed by atoms with Gasteiger partial charge in [0.15, 0.2) is 0 Å². The standard InChI is InChI=1S/C24H25ClN3O2Si/c1-31(2)13-12-29-17-28-22(14-21-23(25)26-16-27-24(21)28)19-8-10-20(11-9-19)30-15-18-6-4-3-5-7-18/h3-11,14,16H,12-13,15,17H2,1-2H3. The summed E-state index contributed by atoms with van der Waals surface area (Å²) in [6.45, 7) is 6.29. The van der Waals surface area contributed by atoms with E-state index in [0.29, 0.717) is 18.5 Å². The summed E-state index contributed by atoms with van der Waals surface area (Å²) in [5.41, 5.74) is 3.95. The lowest BCUT2D eigenvalue weighted by Crippen LogP contribution is -2.09. The first-order chi connectivity index (χ1) is 15.1. The molecule has 4 aromatic rings. The summed E-state index contributed by atoms with van der Waals surface area (Å²) in [7, 11) is -0.310. The third kappa shape index (κ3) is 5.33. The molecule has 0 N–H and O–H groups in total. The predicted octanol–water partition coefficient (Wildman–Crippen LogP) is 6.06. The highest BCUT2D eigenvalue weighted by Gasteiger charge is 2.15. The number of hydrogen-bond acceptors (Lipinski definition) is 4. The van der Waals surface area contributed by atoms with Gasteiger partial charge in [0.25, 0.3) is 0 Å². The third-order valence-electron chi connectivity index (χ3n) is 5.01. The van der Waals surface area contributed by atoms with Crippen LogP contribution in [0, 0.1) is 0 Å². The van der Waals surface area contributed by atoms with Gasteiger partial charge in [0.2, 0.25) is 0 Å².